The van der Waals surface area contributed by atoms with Crippen LogP contribution in [0.2, 0.25) is 0 Å². The molecule has 1 N–H and O–H groups in total. The Morgan fingerprint density at radius 2 is 2.04 bits per heavy atom. The minimum atomic E-state index is -0.109. The number of ether oxygens (including phenoxy) is 1. The summed E-state index contributed by atoms with van der Waals surface area (Å²) in [7, 11) is 1.55. The van der Waals surface area contributed by atoms with Crippen molar-refractivity contribution in [2.45, 2.75) is 0 Å². The smallest absolute Gasteiger partial charge is 0.231 e. The summed E-state index contributed by atoms with van der Waals surface area (Å²) in [6.45, 7) is 1.17. The monoisotopic (exact) mass is 352 g/mol. The molecule has 0 bridgehead atoms. The first-order valence-electron chi connectivity index (χ1n) is 7.96. The number of aromatic nitrogens is 6. The average Bonchev–Trinajstić information content (AvgIpc) is 3.16. The molecule has 26 heavy (non-hydrogen) atoms. The van der Waals surface area contributed by atoms with Crippen LogP contribution >= 0.6 is 0 Å². The van der Waals surface area contributed by atoms with E-state index in [1.54, 1.807) is 36.4 Å². The van der Waals surface area contributed by atoms with E-state index in [1.165, 1.54) is 12.7 Å². The summed E-state index contributed by atoms with van der Waals surface area (Å²) in [4.78, 5) is 30.8. The Labute approximate surface area is 148 Å². The van der Waals surface area contributed by atoms with Crippen molar-refractivity contribution in [1.82, 2.24) is 29.7 Å². The van der Waals surface area contributed by atoms with Gasteiger partial charge in [0.1, 0.15) is 24.8 Å². The van der Waals surface area contributed by atoms with Crippen LogP contribution in [0.1, 0.15) is 0 Å². The minimum Gasteiger partial charge on any atom is -0.481 e. The number of hydrogen-bond donors (Lipinski definition) is 1. The fraction of sp³-hybridized carbons (Fsp3) is 0.250. The second-order valence-corrected chi connectivity index (χ2v) is 5.75. The average molecular weight is 352 g/mol. The van der Waals surface area contributed by atoms with Gasteiger partial charge in [0.05, 0.1) is 24.9 Å². The van der Waals surface area contributed by atoms with Crippen molar-refractivity contribution in [3.8, 4) is 11.7 Å². The van der Waals surface area contributed by atoms with E-state index in [-0.39, 0.29) is 11.8 Å². The lowest BCUT2D eigenvalue weighted by Crippen LogP contribution is -2.52. The number of pyridine rings is 1. The molecule has 1 amide bonds. The third-order valence-corrected chi connectivity index (χ3v) is 4.08. The molecule has 1 saturated heterocycles. The third kappa shape index (κ3) is 3.16. The number of hydrogen-bond acceptors (Lipinski definition) is 8. The van der Waals surface area contributed by atoms with Gasteiger partial charge in [0.2, 0.25) is 11.8 Å². The molecule has 3 aromatic rings. The summed E-state index contributed by atoms with van der Waals surface area (Å²) in [6.07, 6.45) is 6.06. The Balaban J connectivity index is 1.36. The lowest BCUT2D eigenvalue weighted by Gasteiger charge is -2.39. The van der Waals surface area contributed by atoms with Gasteiger partial charge in [0.15, 0.2) is 5.82 Å². The molecule has 4 heterocycles. The van der Waals surface area contributed by atoms with Crippen LogP contribution in [0.5, 0.6) is 5.88 Å². The summed E-state index contributed by atoms with van der Waals surface area (Å²) in [5.41, 5.74) is 0.643. The quantitative estimate of drug-likeness (QED) is 0.708. The number of methoxy groups -OCH3 is 1. The summed E-state index contributed by atoms with van der Waals surface area (Å²) >= 11 is 0. The fourth-order valence-electron chi connectivity index (χ4n) is 2.61. The lowest BCUT2D eigenvalue weighted by molar-refractivity contribution is -0.120. The first kappa shape index (κ1) is 15.9. The number of anilines is 2. The van der Waals surface area contributed by atoms with Crippen LogP contribution < -0.4 is 15.0 Å². The summed E-state index contributed by atoms with van der Waals surface area (Å²) in [5.74, 6) is 1.73. The molecule has 0 saturated carbocycles. The Hall–Kier alpha value is -3.56. The van der Waals surface area contributed by atoms with Crippen molar-refractivity contribution in [1.29, 1.82) is 0 Å². The molecule has 1 aliphatic heterocycles. The maximum Gasteiger partial charge on any atom is 0.231 e. The van der Waals surface area contributed by atoms with Gasteiger partial charge in [-0.3, -0.25) is 4.79 Å². The van der Waals surface area contributed by atoms with E-state index in [9.17, 15) is 4.79 Å². The van der Waals surface area contributed by atoms with Crippen molar-refractivity contribution in [3.05, 3.63) is 43.4 Å². The molecule has 0 aliphatic carbocycles. The molecule has 0 radical (unpaired) electrons. The summed E-state index contributed by atoms with van der Waals surface area (Å²) in [6, 6.07) is 5.28. The number of carbonyl (C=O) groups excluding carboxylic acids is 1. The van der Waals surface area contributed by atoms with E-state index in [1.807, 2.05) is 11.0 Å². The van der Waals surface area contributed by atoms with Crippen LogP contribution in [-0.2, 0) is 4.79 Å². The number of carbonyl (C=O) groups is 1. The zero-order valence-corrected chi connectivity index (χ0v) is 14.0. The van der Waals surface area contributed by atoms with Crippen molar-refractivity contribution in [2.24, 2.45) is 5.92 Å². The van der Waals surface area contributed by atoms with Gasteiger partial charge in [-0.1, -0.05) is 0 Å². The SMILES string of the molecule is COc1ccc(NC(=O)C2CN(c3cc(-n4cncn4)ncn3)C2)cn1. The van der Waals surface area contributed by atoms with Gasteiger partial charge in [0.25, 0.3) is 0 Å². The molecule has 10 heteroatoms. The van der Waals surface area contributed by atoms with Crippen LogP contribution in [0.3, 0.4) is 0 Å². The van der Waals surface area contributed by atoms with E-state index in [0.717, 1.165) is 5.82 Å². The highest BCUT2D eigenvalue weighted by molar-refractivity contribution is 5.94. The largest absolute Gasteiger partial charge is 0.481 e. The van der Waals surface area contributed by atoms with Gasteiger partial charge in [-0.25, -0.2) is 24.6 Å². The second kappa shape index (κ2) is 6.75. The van der Waals surface area contributed by atoms with Crippen molar-refractivity contribution in [3.63, 3.8) is 0 Å². The van der Waals surface area contributed by atoms with E-state index in [0.29, 0.717) is 30.5 Å². The summed E-state index contributed by atoms with van der Waals surface area (Å²) < 4.78 is 6.56. The zero-order valence-electron chi connectivity index (χ0n) is 14.0. The first-order valence-corrected chi connectivity index (χ1v) is 7.96. The molecule has 10 nitrogen and oxygen atoms in total. The standard InChI is InChI=1S/C16H16N8O2/c1-26-15-3-2-12(5-18-15)22-16(25)11-6-23(7-11)13-4-14(20-9-19-13)24-10-17-8-21-24/h2-5,8-11H,6-7H2,1H3,(H,22,25). The van der Waals surface area contributed by atoms with Gasteiger partial charge in [-0.15, -0.1) is 0 Å². The molecule has 1 fully saturated rings. The predicted molar refractivity (Wildman–Crippen MR) is 92.1 cm³/mol. The Bertz CT molecular complexity index is 891. The highest BCUT2D eigenvalue weighted by Crippen LogP contribution is 2.24. The molecule has 4 rings (SSSR count). The topological polar surface area (TPSA) is 111 Å². The van der Waals surface area contributed by atoms with Gasteiger partial charge >= 0.3 is 0 Å². The predicted octanol–water partition coefficient (Wildman–Crippen LogP) is 0.536. The van der Waals surface area contributed by atoms with Crippen molar-refractivity contribution in [2.75, 3.05) is 30.4 Å². The maximum absolute atomic E-state index is 12.3. The van der Waals surface area contributed by atoms with E-state index in [4.69, 9.17) is 4.74 Å². The highest BCUT2D eigenvalue weighted by Gasteiger charge is 2.33. The molecule has 0 spiro atoms. The van der Waals surface area contributed by atoms with Crippen LogP contribution in [-0.4, -0.2) is 55.8 Å². The normalized spacial score (nSPS) is 14.0. The molecule has 0 atom stereocenters. The van der Waals surface area contributed by atoms with Crippen LogP contribution in [0, 0.1) is 5.92 Å². The number of nitrogens with one attached hydrogen (secondary N) is 1. The van der Waals surface area contributed by atoms with Crippen LogP contribution in [0.4, 0.5) is 11.5 Å². The number of amides is 1. The van der Waals surface area contributed by atoms with E-state index in [2.05, 4.69) is 30.4 Å². The van der Waals surface area contributed by atoms with Crippen LogP contribution in [0.15, 0.2) is 43.4 Å². The number of rotatable bonds is 5. The van der Waals surface area contributed by atoms with Crippen molar-refractivity contribution >= 4 is 17.4 Å². The molecule has 0 unspecified atom stereocenters. The van der Waals surface area contributed by atoms with Crippen LogP contribution in [0.25, 0.3) is 5.82 Å². The minimum absolute atomic E-state index is 0.0428. The van der Waals surface area contributed by atoms with Gasteiger partial charge in [0, 0.05) is 25.2 Å². The molecule has 0 aromatic carbocycles. The van der Waals surface area contributed by atoms with Gasteiger partial charge in [-0.2, -0.15) is 5.10 Å². The first-order chi connectivity index (χ1) is 12.7. The van der Waals surface area contributed by atoms with Gasteiger partial charge < -0.3 is 15.0 Å². The maximum atomic E-state index is 12.3. The molecule has 132 valence electrons. The Kier molecular flexibility index (Phi) is 4.14. The zero-order chi connectivity index (χ0) is 17.9. The molecular formula is C16H16N8O2. The molecular weight excluding hydrogens is 336 g/mol. The third-order valence-electron chi connectivity index (χ3n) is 4.08. The molecule has 1 aliphatic rings. The van der Waals surface area contributed by atoms with E-state index >= 15 is 0 Å². The summed E-state index contributed by atoms with van der Waals surface area (Å²) in [5, 5.41) is 6.91. The van der Waals surface area contributed by atoms with E-state index < -0.39 is 0 Å². The molecule has 3 aromatic heterocycles. The number of nitrogens with zero attached hydrogens (tertiary/aromatic N) is 7. The lowest BCUT2D eigenvalue weighted by atomic mass is 9.99. The second-order valence-electron chi connectivity index (χ2n) is 5.75. The highest BCUT2D eigenvalue weighted by atomic mass is 16.5. The Morgan fingerprint density at radius 1 is 1.19 bits per heavy atom. The van der Waals surface area contributed by atoms with Gasteiger partial charge in [-0.05, 0) is 6.07 Å². The van der Waals surface area contributed by atoms with Crippen molar-refractivity contribution < 1.29 is 9.53 Å². The fourth-order valence-corrected chi connectivity index (χ4v) is 2.61. The Morgan fingerprint density at radius 3 is 2.73 bits per heavy atom.